The van der Waals surface area contributed by atoms with E-state index in [1.54, 1.807) is 6.20 Å². The van der Waals surface area contributed by atoms with Gasteiger partial charge in [-0.1, -0.05) is 11.6 Å². The summed E-state index contributed by atoms with van der Waals surface area (Å²) < 4.78 is 0. The largest absolute Gasteiger partial charge is 0.326 e. The highest BCUT2D eigenvalue weighted by molar-refractivity contribution is 6.30. The maximum atomic E-state index is 12.9. The molecular formula is C24H24ClN3O. The minimum absolute atomic E-state index is 0.120. The lowest BCUT2D eigenvalue weighted by Crippen LogP contribution is -2.48. The maximum absolute atomic E-state index is 12.9. The molecule has 29 heavy (non-hydrogen) atoms. The summed E-state index contributed by atoms with van der Waals surface area (Å²) in [6.07, 6.45) is 12.3. The first-order valence-corrected chi connectivity index (χ1v) is 10.8. The van der Waals surface area contributed by atoms with Crippen LogP contribution >= 0.6 is 11.6 Å². The highest BCUT2D eigenvalue weighted by Crippen LogP contribution is 2.58. The van der Waals surface area contributed by atoms with Gasteiger partial charge in [0.05, 0.1) is 5.52 Å². The molecular weight excluding hydrogens is 382 g/mol. The minimum atomic E-state index is 0.120. The Morgan fingerprint density at radius 1 is 1.00 bits per heavy atom. The van der Waals surface area contributed by atoms with Gasteiger partial charge in [0.2, 0.25) is 5.91 Å². The number of carbonyl (C=O) groups excluding carboxylic acids is 1. The molecule has 4 nitrogen and oxygen atoms in total. The minimum Gasteiger partial charge on any atom is -0.326 e. The number of benzene rings is 1. The number of halogens is 1. The summed E-state index contributed by atoms with van der Waals surface area (Å²) in [7, 11) is 0. The van der Waals surface area contributed by atoms with Crippen molar-refractivity contribution in [2.45, 2.75) is 44.4 Å². The van der Waals surface area contributed by atoms with E-state index in [0.717, 1.165) is 49.7 Å². The lowest BCUT2D eigenvalue weighted by Gasteiger charge is -2.52. The summed E-state index contributed by atoms with van der Waals surface area (Å²) in [5, 5.41) is 4.94. The smallest absolute Gasteiger partial charge is 0.228 e. The molecule has 1 atom stereocenters. The Kier molecular flexibility index (Phi) is 4.75. The predicted molar refractivity (Wildman–Crippen MR) is 116 cm³/mol. The molecule has 2 aliphatic rings. The third-order valence-electron chi connectivity index (χ3n) is 7.10. The van der Waals surface area contributed by atoms with Crippen molar-refractivity contribution in [3.63, 3.8) is 0 Å². The van der Waals surface area contributed by atoms with Crippen LogP contribution in [0.2, 0.25) is 5.02 Å². The summed E-state index contributed by atoms with van der Waals surface area (Å²) >= 11 is 5.95. The average molecular weight is 406 g/mol. The van der Waals surface area contributed by atoms with Gasteiger partial charge in [-0.3, -0.25) is 14.8 Å². The van der Waals surface area contributed by atoms with E-state index >= 15 is 0 Å². The molecule has 0 saturated heterocycles. The molecule has 2 saturated carbocycles. The van der Waals surface area contributed by atoms with Crippen molar-refractivity contribution in [2.75, 3.05) is 5.32 Å². The van der Waals surface area contributed by atoms with Gasteiger partial charge < -0.3 is 5.32 Å². The Bertz CT molecular complexity index is 1040. The molecule has 0 bridgehead atoms. The van der Waals surface area contributed by atoms with Gasteiger partial charge in [-0.05, 0) is 91.8 Å². The summed E-state index contributed by atoms with van der Waals surface area (Å²) in [4.78, 5) is 21.7. The van der Waals surface area contributed by atoms with Crippen molar-refractivity contribution >= 4 is 34.1 Å². The maximum Gasteiger partial charge on any atom is 0.228 e. The topological polar surface area (TPSA) is 54.9 Å². The molecule has 1 N–H and O–H groups in total. The average Bonchev–Trinajstić information content (AvgIpc) is 2.74. The summed E-state index contributed by atoms with van der Waals surface area (Å²) in [5.41, 5.74) is 3.38. The lowest BCUT2D eigenvalue weighted by molar-refractivity contribution is -0.133. The quantitative estimate of drug-likeness (QED) is 0.583. The Labute approximate surface area is 175 Å². The first-order valence-electron chi connectivity index (χ1n) is 10.4. The number of carbonyl (C=O) groups is 1. The van der Waals surface area contributed by atoms with Gasteiger partial charge >= 0.3 is 0 Å². The molecule has 0 radical (unpaired) electrons. The molecule has 3 aromatic rings. The third kappa shape index (κ3) is 3.40. The number of amides is 1. The van der Waals surface area contributed by atoms with Crippen molar-refractivity contribution in [3.8, 4) is 0 Å². The van der Waals surface area contributed by atoms with Gasteiger partial charge in [-0.2, -0.15) is 0 Å². The second kappa shape index (κ2) is 7.42. The van der Waals surface area contributed by atoms with Crippen LogP contribution in [0.25, 0.3) is 10.9 Å². The molecule has 1 aromatic carbocycles. The molecule has 0 aliphatic heterocycles. The van der Waals surface area contributed by atoms with Crippen LogP contribution in [0.15, 0.2) is 55.0 Å². The number of anilines is 1. The highest BCUT2D eigenvalue weighted by atomic mass is 35.5. The van der Waals surface area contributed by atoms with E-state index in [1.165, 1.54) is 10.9 Å². The number of fused-ring (bicyclic) bond motifs is 1. The molecule has 1 amide bonds. The normalized spacial score (nSPS) is 26.2. The third-order valence-corrected chi connectivity index (χ3v) is 7.35. The van der Waals surface area contributed by atoms with Crippen molar-refractivity contribution in [1.82, 2.24) is 9.97 Å². The first-order chi connectivity index (χ1) is 14.1. The summed E-state index contributed by atoms with van der Waals surface area (Å²) in [5.74, 6) is 0.807. The number of hydrogen-bond donors (Lipinski definition) is 1. The fraction of sp³-hybridized carbons (Fsp3) is 0.375. The number of hydrogen-bond acceptors (Lipinski definition) is 3. The molecule has 5 rings (SSSR count). The van der Waals surface area contributed by atoms with Gasteiger partial charge in [0, 0.05) is 40.6 Å². The van der Waals surface area contributed by atoms with Crippen LogP contribution in [-0.2, 0) is 4.79 Å². The lowest BCUT2D eigenvalue weighted by atomic mass is 9.52. The molecule has 1 spiro atoms. The molecule has 5 heteroatoms. The van der Waals surface area contributed by atoms with Gasteiger partial charge in [0.15, 0.2) is 0 Å². The zero-order chi connectivity index (χ0) is 19.8. The first kappa shape index (κ1) is 18.6. The van der Waals surface area contributed by atoms with Crippen molar-refractivity contribution in [2.24, 2.45) is 11.3 Å². The standard InChI is InChI=1S/C24H24ClN3O/c25-17-1-3-18(4-2-17)28-23(29)21-7-12-24(21)10-5-16(6-11-24)19-8-14-27-22-9-13-26-15-20(19)22/h1-4,8-9,13-16,21H,5-7,10-12H2,(H,28,29)/t16-,21-,24+/m0/s1. The van der Waals surface area contributed by atoms with Crippen LogP contribution in [0.4, 0.5) is 5.69 Å². The van der Waals surface area contributed by atoms with E-state index in [2.05, 4.69) is 21.4 Å². The molecule has 2 aromatic heterocycles. The Balaban J connectivity index is 1.28. The molecule has 2 aliphatic carbocycles. The van der Waals surface area contributed by atoms with Crippen LogP contribution in [0.5, 0.6) is 0 Å². The zero-order valence-electron chi connectivity index (χ0n) is 16.3. The van der Waals surface area contributed by atoms with Crippen molar-refractivity contribution in [3.05, 3.63) is 65.6 Å². The van der Waals surface area contributed by atoms with Crippen LogP contribution in [0, 0.1) is 11.3 Å². The van der Waals surface area contributed by atoms with Gasteiger partial charge in [0.1, 0.15) is 0 Å². The molecule has 2 fully saturated rings. The van der Waals surface area contributed by atoms with Crippen LogP contribution in [0.3, 0.4) is 0 Å². The fourth-order valence-corrected chi connectivity index (χ4v) is 5.46. The number of pyridine rings is 2. The Morgan fingerprint density at radius 2 is 1.76 bits per heavy atom. The van der Waals surface area contributed by atoms with E-state index < -0.39 is 0 Å². The van der Waals surface area contributed by atoms with Crippen LogP contribution in [0.1, 0.15) is 50.0 Å². The molecule has 2 heterocycles. The molecule has 0 unspecified atom stereocenters. The van der Waals surface area contributed by atoms with Crippen molar-refractivity contribution in [1.29, 1.82) is 0 Å². The highest BCUT2D eigenvalue weighted by Gasteiger charge is 2.51. The summed E-state index contributed by atoms with van der Waals surface area (Å²) in [6, 6.07) is 11.5. The van der Waals surface area contributed by atoms with Crippen LogP contribution < -0.4 is 5.32 Å². The number of aromatic nitrogens is 2. The monoisotopic (exact) mass is 405 g/mol. The van der Waals surface area contributed by atoms with E-state index in [1.807, 2.05) is 42.7 Å². The molecule has 148 valence electrons. The van der Waals surface area contributed by atoms with Crippen molar-refractivity contribution < 1.29 is 4.79 Å². The predicted octanol–water partition coefficient (Wildman–Crippen LogP) is 5.98. The number of rotatable bonds is 3. The van der Waals surface area contributed by atoms with E-state index in [9.17, 15) is 4.79 Å². The van der Waals surface area contributed by atoms with E-state index in [4.69, 9.17) is 11.6 Å². The van der Waals surface area contributed by atoms with Gasteiger partial charge in [0.25, 0.3) is 0 Å². The van der Waals surface area contributed by atoms with E-state index in [-0.39, 0.29) is 17.2 Å². The van der Waals surface area contributed by atoms with E-state index in [0.29, 0.717) is 10.9 Å². The number of nitrogens with zero attached hydrogens (tertiary/aromatic N) is 2. The number of nitrogens with one attached hydrogen (secondary N) is 1. The SMILES string of the molecule is O=C(Nc1ccc(Cl)cc1)[C@@H]1CC[C@]12CC[C@H](c1ccnc3ccncc31)CC2. The Morgan fingerprint density at radius 3 is 2.48 bits per heavy atom. The Hall–Kier alpha value is -2.46. The van der Waals surface area contributed by atoms with Crippen LogP contribution in [-0.4, -0.2) is 15.9 Å². The fourth-order valence-electron chi connectivity index (χ4n) is 5.34. The van der Waals surface area contributed by atoms with Gasteiger partial charge in [-0.15, -0.1) is 0 Å². The summed E-state index contributed by atoms with van der Waals surface area (Å²) in [6.45, 7) is 0. The zero-order valence-corrected chi connectivity index (χ0v) is 17.0. The van der Waals surface area contributed by atoms with Gasteiger partial charge in [-0.25, -0.2) is 0 Å². The second-order valence-electron chi connectivity index (χ2n) is 8.52. The second-order valence-corrected chi connectivity index (χ2v) is 8.95.